The molecule has 3 aromatic rings. The fourth-order valence-corrected chi connectivity index (χ4v) is 4.03. The SMILES string of the molecule is CCCCNCCc1cc(C)nc2c1c(C)nn2-c1c(C)cc(C)cc1C. The van der Waals surface area contributed by atoms with Crippen molar-refractivity contribution in [2.75, 3.05) is 13.1 Å². The molecule has 0 aliphatic rings. The van der Waals surface area contributed by atoms with Gasteiger partial charge in [0.2, 0.25) is 0 Å². The number of pyridine rings is 1. The van der Waals surface area contributed by atoms with Gasteiger partial charge in [-0.3, -0.25) is 0 Å². The molecule has 2 heterocycles. The maximum Gasteiger partial charge on any atom is 0.163 e. The molecule has 0 fully saturated rings. The molecule has 0 saturated heterocycles. The molecule has 4 heteroatoms. The van der Waals surface area contributed by atoms with Gasteiger partial charge in [-0.25, -0.2) is 9.67 Å². The molecule has 0 aliphatic carbocycles. The predicted molar refractivity (Wildman–Crippen MR) is 114 cm³/mol. The summed E-state index contributed by atoms with van der Waals surface area (Å²) in [6, 6.07) is 6.66. The number of fused-ring (bicyclic) bond motifs is 1. The largest absolute Gasteiger partial charge is 0.316 e. The fraction of sp³-hybridized carbons (Fsp3) is 0.478. The number of nitrogens with one attached hydrogen (secondary N) is 1. The van der Waals surface area contributed by atoms with Crippen LogP contribution in [0.15, 0.2) is 18.2 Å². The summed E-state index contributed by atoms with van der Waals surface area (Å²) in [6.45, 7) is 14.9. The molecule has 4 nitrogen and oxygen atoms in total. The van der Waals surface area contributed by atoms with Gasteiger partial charge in [0.15, 0.2) is 5.65 Å². The van der Waals surface area contributed by atoms with Crippen LogP contribution in [0.2, 0.25) is 0 Å². The van der Waals surface area contributed by atoms with E-state index < -0.39 is 0 Å². The summed E-state index contributed by atoms with van der Waals surface area (Å²) in [5, 5.41) is 9.66. The molecule has 1 aromatic carbocycles. The molecule has 144 valence electrons. The topological polar surface area (TPSA) is 42.7 Å². The number of benzene rings is 1. The van der Waals surface area contributed by atoms with Crippen LogP contribution in [0.25, 0.3) is 16.7 Å². The van der Waals surface area contributed by atoms with E-state index in [-0.39, 0.29) is 0 Å². The molecule has 0 atom stereocenters. The molecule has 0 amide bonds. The van der Waals surface area contributed by atoms with E-state index in [1.54, 1.807) is 0 Å². The molecule has 0 aliphatic heterocycles. The minimum absolute atomic E-state index is 0.978. The minimum atomic E-state index is 0.978. The van der Waals surface area contributed by atoms with E-state index in [0.29, 0.717) is 0 Å². The number of unbranched alkanes of at least 4 members (excludes halogenated alkanes) is 1. The summed E-state index contributed by atoms with van der Waals surface area (Å²) < 4.78 is 2.05. The molecular formula is C23H32N4. The van der Waals surface area contributed by atoms with Crippen LogP contribution in [0, 0.1) is 34.6 Å². The van der Waals surface area contributed by atoms with Crippen molar-refractivity contribution in [1.82, 2.24) is 20.1 Å². The van der Waals surface area contributed by atoms with Crippen molar-refractivity contribution in [3.05, 3.63) is 51.8 Å². The summed E-state index contributed by atoms with van der Waals surface area (Å²) in [5.41, 5.74) is 9.34. The van der Waals surface area contributed by atoms with Crippen molar-refractivity contribution >= 4 is 11.0 Å². The standard InChI is InChI=1S/C23H32N4/c1-7-8-10-24-11-9-20-14-18(5)25-23-21(20)19(6)26-27(23)22-16(3)12-15(2)13-17(22)4/h12-14,24H,7-11H2,1-6H3. The lowest BCUT2D eigenvalue weighted by atomic mass is 10.0. The highest BCUT2D eigenvalue weighted by molar-refractivity contribution is 5.84. The average Bonchev–Trinajstić information content (AvgIpc) is 2.90. The third-order valence-corrected chi connectivity index (χ3v) is 5.15. The van der Waals surface area contributed by atoms with E-state index in [0.717, 1.165) is 42.2 Å². The van der Waals surface area contributed by atoms with E-state index in [1.165, 1.54) is 40.5 Å². The molecule has 2 aromatic heterocycles. The van der Waals surface area contributed by atoms with E-state index in [9.17, 15) is 0 Å². The van der Waals surface area contributed by atoms with Crippen molar-refractivity contribution in [2.24, 2.45) is 0 Å². The average molecular weight is 365 g/mol. The quantitative estimate of drug-likeness (QED) is 0.607. The van der Waals surface area contributed by atoms with Crippen molar-refractivity contribution in [2.45, 2.75) is 60.8 Å². The lowest BCUT2D eigenvalue weighted by molar-refractivity contribution is 0.641. The Morgan fingerprint density at radius 1 is 0.963 bits per heavy atom. The van der Waals surface area contributed by atoms with Gasteiger partial charge in [0, 0.05) is 11.1 Å². The Morgan fingerprint density at radius 3 is 2.33 bits per heavy atom. The highest BCUT2D eigenvalue weighted by Crippen LogP contribution is 2.28. The van der Waals surface area contributed by atoms with Gasteiger partial charge in [-0.05, 0) is 83.3 Å². The Labute approximate surface area is 163 Å². The van der Waals surface area contributed by atoms with Crippen LogP contribution in [0.1, 0.15) is 53.4 Å². The molecule has 0 unspecified atom stereocenters. The second kappa shape index (κ2) is 8.22. The normalized spacial score (nSPS) is 11.5. The van der Waals surface area contributed by atoms with Crippen LogP contribution < -0.4 is 5.32 Å². The van der Waals surface area contributed by atoms with Gasteiger partial charge in [-0.1, -0.05) is 31.0 Å². The number of aromatic nitrogens is 3. The van der Waals surface area contributed by atoms with E-state index in [4.69, 9.17) is 10.1 Å². The summed E-state index contributed by atoms with van der Waals surface area (Å²) in [4.78, 5) is 4.88. The van der Waals surface area contributed by atoms with Crippen molar-refractivity contribution in [3.8, 4) is 5.69 Å². The number of aryl methyl sites for hydroxylation is 5. The second-order valence-corrected chi connectivity index (χ2v) is 7.72. The van der Waals surface area contributed by atoms with Crippen LogP contribution in [-0.4, -0.2) is 27.9 Å². The summed E-state index contributed by atoms with van der Waals surface area (Å²) >= 11 is 0. The Hall–Kier alpha value is -2.20. The Bertz CT molecular complexity index is 930. The number of hydrogen-bond donors (Lipinski definition) is 1. The summed E-state index contributed by atoms with van der Waals surface area (Å²) in [5.74, 6) is 0. The van der Waals surface area contributed by atoms with E-state index in [2.05, 4.69) is 69.7 Å². The third kappa shape index (κ3) is 4.06. The predicted octanol–water partition coefficient (Wildman–Crippen LogP) is 4.89. The van der Waals surface area contributed by atoms with Crippen LogP contribution in [-0.2, 0) is 6.42 Å². The third-order valence-electron chi connectivity index (χ3n) is 5.15. The van der Waals surface area contributed by atoms with Crippen molar-refractivity contribution < 1.29 is 0 Å². The number of nitrogens with zero attached hydrogens (tertiary/aromatic N) is 3. The van der Waals surface area contributed by atoms with Crippen molar-refractivity contribution in [1.29, 1.82) is 0 Å². The molecule has 0 radical (unpaired) electrons. The van der Waals surface area contributed by atoms with Gasteiger partial charge in [0.25, 0.3) is 0 Å². The highest BCUT2D eigenvalue weighted by Gasteiger charge is 2.17. The molecule has 0 saturated carbocycles. The van der Waals surface area contributed by atoms with Gasteiger partial charge in [0.05, 0.1) is 11.4 Å². The molecule has 3 rings (SSSR count). The van der Waals surface area contributed by atoms with Gasteiger partial charge in [0.1, 0.15) is 0 Å². The Morgan fingerprint density at radius 2 is 1.67 bits per heavy atom. The zero-order valence-corrected chi connectivity index (χ0v) is 17.6. The van der Waals surface area contributed by atoms with Gasteiger partial charge in [-0.2, -0.15) is 5.10 Å². The molecule has 0 bridgehead atoms. The second-order valence-electron chi connectivity index (χ2n) is 7.72. The molecular weight excluding hydrogens is 332 g/mol. The van der Waals surface area contributed by atoms with Crippen LogP contribution in [0.3, 0.4) is 0 Å². The highest BCUT2D eigenvalue weighted by atomic mass is 15.3. The zero-order valence-electron chi connectivity index (χ0n) is 17.6. The molecule has 0 spiro atoms. The smallest absolute Gasteiger partial charge is 0.163 e. The first-order chi connectivity index (χ1) is 12.9. The van der Waals surface area contributed by atoms with Crippen LogP contribution >= 0.6 is 0 Å². The molecule has 1 N–H and O–H groups in total. The minimum Gasteiger partial charge on any atom is -0.316 e. The van der Waals surface area contributed by atoms with Gasteiger partial charge < -0.3 is 5.32 Å². The number of hydrogen-bond acceptors (Lipinski definition) is 3. The lowest BCUT2D eigenvalue weighted by Crippen LogP contribution is -2.18. The molecule has 27 heavy (non-hydrogen) atoms. The lowest BCUT2D eigenvalue weighted by Gasteiger charge is -2.13. The van der Waals surface area contributed by atoms with Crippen LogP contribution in [0.5, 0.6) is 0 Å². The number of rotatable bonds is 7. The maximum absolute atomic E-state index is 4.90. The zero-order chi connectivity index (χ0) is 19.6. The monoisotopic (exact) mass is 364 g/mol. The van der Waals surface area contributed by atoms with E-state index >= 15 is 0 Å². The van der Waals surface area contributed by atoms with E-state index in [1.807, 2.05) is 0 Å². The first kappa shape index (κ1) is 19.6. The van der Waals surface area contributed by atoms with Gasteiger partial charge >= 0.3 is 0 Å². The maximum atomic E-state index is 4.90. The van der Waals surface area contributed by atoms with Gasteiger partial charge in [-0.15, -0.1) is 0 Å². The first-order valence-electron chi connectivity index (χ1n) is 10.1. The van der Waals surface area contributed by atoms with Crippen molar-refractivity contribution in [3.63, 3.8) is 0 Å². The summed E-state index contributed by atoms with van der Waals surface area (Å²) in [7, 11) is 0. The Balaban J connectivity index is 2.05. The Kier molecular flexibility index (Phi) is 5.95. The summed E-state index contributed by atoms with van der Waals surface area (Å²) in [6.07, 6.45) is 3.46. The van der Waals surface area contributed by atoms with Crippen LogP contribution in [0.4, 0.5) is 0 Å². The first-order valence-corrected chi connectivity index (χ1v) is 10.1. The fourth-order valence-electron chi connectivity index (χ4n) is 4.03.